The Morgan fingerprint density at radius 3 is 3.06 bits per heavy atom. The molecule has 0 aliphatic carbocycles. The summed E-state index contributed by atoms with van der Waals surface area (Å²) in [5.74, 6) is 0.584. The molecule has 0 aromatic carbocycles. The van der Waals surface area contributed by atoms with Crippen LogP contribution in [0.25, 0.3) is 0 Å². The van der Waals surface area contributed by atoms with Crippen molar-refractivity contribution < 1.29 is 8.42 Å². The van der Waals surface area contributed by atoms with E-state index in [4.69, 9.17) is 0 Å². The van der Waals surface area contributed by atoms with Crippen LogP contribution in [0.5, 0.6) is 0 Å². The molecule has 16 heavy (non-hydrogen) atoms. The lowest BCUT2D eigenvalue weighted by molar-refractivity contribution is 0.454. The number of aromatic nitrogens is 2. The van der Waals surface area contributed by atoms with Crippen molar-refractivity contribution in [3.63, 3.8) is 0 Å². The van der Waals surface area contributed by atoms with Gasteiger partial charge in [0.15, 0.2) is 0 Å². The predicted octanol–water partition coefficient (Wildman–Crippen LogP) is 0.137. The number of sulfone groups is 1. The normalized spacial score (nSPS) is 27.9. The van der Waals surface area contributed by atoms with Gasteiger partial charge in [-0.1, -0.05) is 0 Å². The summed E-state index contributed by atoms with van der Waals surface area (Å²) in [6.07, 6.45) is 4.15. The van der Waals surface area contributed by atoms with Crippen molar-refractivity contribution in [3.05, 3.63) is 11.9 Å². The zero-order valence-electron chi connectivity index (χ0n) is 9.02. The number of aryl methyl sites for hydroxylation is 1. The number of imidazole rings is 1. The van der Waals surface area contributed by atoms with E-state index >= 15 is 0 Å². The van der Waals surface area contributed by atoms with Crippen molar-refractivity contribution in [2.45, 2.75) is 30.5 Å². The molecule has 3 rings (SSSR count). The second-order valence-electron chi connectivity index (χ2n) is 4.50. The third kappa shape index (κ3) is 1.56. The lowest BCUT2D eigenvalue weighted by Gasteiger charge is -2.20. The zero-order chi connectivity index (χ0) is 11.2. The van der Waals surface area contributed by atoms with Gasteiger partial charge in [0, 0.05) is 25.2 Å². The average Bonchev–Trinajstić information content (AvgIpc) is 2.82. The van der Waals surface area contributed by atoms with Gasteiger partial charge < -0.3 is 9.88 Å². The molecule has 2 aliphatic heterocycles. The summed E-state index contributed by atoms with van der Waals surface area (Å²) in [4.78, 5) is 4.30. The fourth-order valence-electron chi connectivity index (χ4n) is 2.44. The van der Waals surface area contributed by atoms with Crippen LogP contribution >= 0.6 is 0 Å². The second-order valence-corrected chi connectivity index (χ2v) is 6.51. The van der Waals surface area contributed by atoms with E-state index in [0.29, 0.717) is 12.5 Å². The molecule has 0 saturated carbocycles. The van der Waals surface area contributed by atoms with Crippen LogP contribution in [0.1, 0.15) is 24.5 Å². The standard InChI is InChI=1S/C10H15N3O2S/c14-16(15)5-4-13-7-9(12-10(13)16)8-2-1-3-11-6-8/h7-8,11H,1-6H2. The van der Waals surface area contributed by atoms with Crippen molar-refractivity contribution in [1.82, 2.24) is 14.9 Å². The van der Waals surface area contributed by atoms with Gasteiger partial charge in [0.25, 0.3) is 0 Å². The molecule has 1 unspecified atom stereocenters. The molecule has 0 radical (unpaired) electrons. The Labute approximate surface area is 94.8 Å². The van der Waals surface area contributed by atoms with Crippen LogP contribution in [0.3, 0.4) is 0 Å². The molecule has 1 atom stereocenters. The summed E-state index contributed by atoms with van der Waals surface area (Å²) in [5, 5.41) is 3.59. The van der Waals surface area contributed by atoms with Crippen LogP contribution in [-0.2, 0) is 16.4 Å². The number of hydrogen-bond acceptors (Lipinski definition) is 4. The molecule has 1 aromatic heterocycles. The van der Waals surface area contributed by atoms with Crippen LogP contribution in [0.2, 0.25) is 0 Å². The first kappa shape index (κ1) is 10.3. The first-order chi connectivity index (χ1) is 7.67. The van der Waals surface area contributed by atoms with Gasteiger partial charge in [-0.2, -0.15) is 0 Å². The highest BCUT2D eigenvalue weighted by molar-refractivity contribution is 7.91. The second kappa shape index (κ2) is 3.56. The summed E-state index contributed by atoms with van der Waals surface area (Å²) in [5.41, 5.74) is 0.936. The molecule has 1 fully saturated rings. The van der Waals surface area contributed by atoms with Gasteiger partial charge in [0.1, 0.15) is 0 Å². The number of fused-ring (bicyclic) bond motifs is 1. The smallest absolute Gasteiger partial charge is 0.227 e. The van der Waals surface area contributed by atoms with Gasteiger partial charge in [-0.3, -0.25) is 0 Å². The third-order valence-electron chi connectivity index (χ3n) is 3.35. The molecular weight excluding hydrogens is 226 g/mol. The van der Waals surface area contributed by atoms with Crippen LogP contribution in [0.4, 0.5) is 0 Å². The Bertz CT molecular complexity index is 500. The molecule has 2 aliphatic rings. The maximum atomic E-state index is 11.7. The Hall–Kier alpha value is -0.880. The Morgan fingerprint density at radius 1 is 1.50 bits per heavy atom. The topological polar surface area (TPSA) is 64.0 Å². The lowest BCUT2D eigenvalue weighted by Crippen LogP contribution is -2.28. The maximum Gasteiger partial charge on any atom is 0.227 e. The summed E-state index contributed by atoms with van der Waals surface area (Å²) < 4.78 is 25.1. The largest absolute Gasteiger partial charge is 0.321 e. The van der Waals surface area contributed by atoms with Crippen LogP contribution in [0, 0.1) is 0 Å². The van der Waals surface area contributed by atoms with Gasteiger partial charge in [0.05, 0.1) is 11.4 Å². The van der Waals surface area contributed by atoms with E-state index in [2.05, 4.69) is 10.3 Å². The lowest BCUT2D eigenvalue weighted by atomic mass is 9.97. The molecule has 1 saturated heterocycles. The van der Waals surface area contributed by atoms with Gasteiger partial charge in [-0.15, -0.1) is 0 Å². The summed E-state index contributed by atoms with van der Waals surface area (Å²) in [6, 6.07) is 0. The van der Waals surface area contributed by atoms with Gasteiger partial charge >= 0.3 is 0 Å². The predicted molar refractivity (Wildman–Crippen MR) is 59.1 cm³/mol. The van der Waals surface area contributed by atoms with Crippen LogP contribution < -0.4 is 5.32 Å². The highest BCUT2D eigenvalue weighted by Crippen LogP contribution is 2.26. The molecule has 1 aromatic rings. The third-order valence-corrected chi connectivity index (χ3v) is 4.95. The van der Waals surface area contributed by atoms with E-state index in [9.17, 15) is 8.42 Å². The molecule has 0 bridgehead atoms. The van der Waals surface area contributed by atoms with E-state index in [0.717, 1.165) is 31.6 Å². The maximum absolute atomic E-state index is 11.7. The molecule has 0 amide bonds. The molecule has 88 valence electrons. The van der Waals surface area contributed by atoms with Gasteiger partial charge in [-0.25, -0.2) is 13.4 Å². The van der Waals surface area contributed by atoms with Crippen LogP contribution in [0.15, 0.2) is 11.4 Å². The van der Waals surface area contributed by atoms with Gasteiger partial charge in [0.2, 0.25) is 15.0 Å². The minimum atomic E-state index is -3.09. The zero-order valence-corrected chi connectivity index (χ0v) is 9.83. The number of nitrogens with zero attached hydrogens (tertiary/aromatic N) is 2. The number of hydrogen-bond donors (Lipinski definition) is 1. The van der Waals surface area contributed by atoms with Gasteiger partial charge in [-0.05, 0) is 19.4 Å². The molecule has 3 heterocycles. The summed E-state index contributed by atoms with van der Waals surface area (Å²) >= 11 is 0. The molecule has 5 nitrogen and oxygen atoms in total. The average molecular weight is 241 g/mol. The fraction of sp³-hybridized carbons (Fsp3) is 0.700. The van der Waals surface area contributed by atoms with Crippen molar-refractivity contribution in [1.29, 1.82) is 0 Å². The minimum Gasteiger partial charge on any atom is -0.321 e. The number of rotatable bonds is 1. The van der Waals surface area contributed by atoms with Crippen LogP contribution in [-0.4, -0.2) is 36.8 Å². The SMILES string of the molecule is O=S1(=O)CCn2cc(C3CCCNC3)nc21. The summed E-state index contributed by atoms with van der Waals surface area (Å²) in [7, 11) is -3.09. The first-order valence-electron chi connectivity index (χ1n) is 5.67. The molecular formula is C10H15N3O2S. The van der Waals surface area contributed by atoms with E-state index in [1.165, 1.54) is 0 Å². The number of piperidine rings is 1. The monoisotopic (exact) mass is 241 g/mol. The first-order valence-corrected chi connectivity index (χ1v) is 7.32. The Kier molecular flexibility index (Phi) is 2.29. The van der Waals surface area contributed by atoms with Crippen molar-refractivity contribution in [2.24, 2.45) is 0 Å². The molecule has 0 spiro atoms. The molecule has 6 heteroatoms. The number of nitrogens with one attached hydrogen (secondary N) is 1. The van der Waals surface area contributed by atoms with E-state index in [-0.39, 0.29) is 10.9 Å². The van der Waals surface area contributed by atoms with Crippen molar-refractivity contribution >= 4 is 9.84 Å². The highest BCUT2D eigenvalue weighted by atomic mass is 32.2. The quantitative estimate of drug-likeness (QED) is 0.759. The van der Waals surface area contributed by atoms with Crippen molar-refractivity contribution in [3.8, 4) is 0 Å². The highest BCUT2D eigenvalue weighted by Gasteiger charge is 2.30. The molecule has 1 N–H and O–H groups in total. The summed E-state index contributed by atoms with van der Waals surface area (Å²) in [6.45, 7) is 2.53. The van der Waals surface area contributed by atoms with E-state index in [1.807, 2.05) is 6.20 Å². The van der Waals surface area contributed by atoms with E-state index < -0.39 is 9.84 Å². The Morgan fingerprint density at radius 2 is 2.38 bits per heavy atom. The minimum absolute atomic E-state index is 0.207. The fourth-order valence-corrected chi connectivity index (χ4v) is 3.80. The van der Waals surface area contributed by atoms with Crippen molar-refractivity contribution in [2.75, 3.05) is 18.8 Å². The van der Waals surface area contributed by atoms with E-state index in [1.54, 1.807) is 4.57 Å². The Balaban J connectivity index is 1.94.